The summed E-state index contributed by atoms with van der Waals surface area (Å²) in [6.45, 7) is 1.02. The van der Waals surface area contributed by atoms with E-state index in [-0.39, 0.29) is 11.8 Å². The summed E-state index contributed by atoms with van der Waals surface area (Å²) in [6.07, 6.45) is 2.46. The van der Waals surface area contributed by atoms with Crippen molar-refractivity contribution in [2.24, 2.45) is 0 Å². The van der Waals surface area contributed by atoms with Crippen molar-refractivity contribution in [3.8, 4) is 0 Å². The lowest BCUT2D eigenvalue weighted by Crippen LogP contribution is -2.23. The number of carbonyl (C=O) groups excluding carboxylic acids is 2. The van der Waals surface area contributed by atoms with Crippen LogP contribution >= 0.6 is 0 Å². The van der Waals surface area contributed by atoms with Gasteiger partial charge in [-0.1, -0.05) is 84.9 Å². The fraction of sp³-hybridized carbons (Fsp3) is 0.231. The second-order valence-electron chi connectivity index (χ2n) is 7.34. The van der Waals surface area contributed by atoms with Crippen molar-refractivity contribution in [2.75, 3.05) is 0 Å². The first-order valence-corrected chi connectivity index (χ1v) is 10.4. The maximum Gasteiger partial charge on any atom is 0.220 e. The van der Waals surface area contributed by atoms with Gasteiger partial charge in [0.1, 0.15) is 0 Å². The van der Waals surface area contributed by atoms with Crippen molar-refractivity contribution in [3.05, 3.63) is 107 Å². The summed E-state index contributed by atoms with van der Waals surface area (Å²) in [5, 5.41) is 5.93. The van der Waals surface area contributed by atoms with Gasteiger partial charge in [0.2, 0.25) is 11.8 Å². The Labute approximate surface area is 178 Å². The molecule has 2 N–H and O–H groups in total. The molecule has 0 saturated carbocycles. The van der Waals surface area contributed by atoms with Crippen LogP contribution in [-0.2, 0) is 35.5 Å². The summed E-state index contributed by atoms with van der Waals surface area (Å²) < 4.78 is 0. The number of nitrogens with one attached hydrogen (secondary N) is 2. The third-order valence-corrected chi connectivity index (χ3v) is 4.97. The highest BCUT2D eigenvalue weighted by Crippen LogP contribution is 2.07. The lowest BCUT2D eigenvalue weighted by molar-refractivity contribution is -0.122. The van der Waals surface area contributed by atoms with Crippen LogP contribution in [0, 0.1) is 0 Å². The van der Waals surface area contributed by atoms with Gasteiger partial charge in [0.05, 0.1) is 0 Å². The maximum atomic E-state index is 12.0. The smallest absolute Gasteiger partial charge is 0.220 e. The summed E-state index contributed by atoms with van der Waals surface area (Å²) >= 11 is 0. The molecular weight excluding hydrogens is 372 g/mol. The minimum atomic E-state index is 0.0496. The zero-order valence-corrected chi connectivity index (χ0v) is 17.1. The minimum absolute atomic E-state index is 0.0496. The number of amides is 2. The van der Waals surface area contributed by atoms with Crippen LogP contribution in [0.1, 0.15) is 35.1 Å². The largest absolute Gasteiger partial charge is 0.352 e. The lowest BCUT2D eigenvalue weighted by Gasteiger charge is -2.08. The topological polar surface area (TPSA) is 58.2 Å². The van der Waals surface area contributed by atoms with E-state index in [1.807, 2.05) is 84.9 Å². The molecule has 0 bridgehead atoms. The van der Waals surface area contributed by atoms with Crippen molar-refractivity contribution in [1.82, 2.24) is 10.6 Å². The van der Waals surface area contributed by atoms with E-state index in [0.717, 1.165) is 24.0 Å². The van der Waals surface area contributed by atoms with Crippen LogP contribution in [0.15, 0.2) is 84.9 Å². The average Bonchev–Trinajstić information content (AvgIpc) is 2.80. The third kappa shape index (κ3) is 7.55. The van der Waals surface area contributed by atoms with Gasteiger partial charge >= 0.3 is 0 Å². The van der Waals surface area contributed by atoms with Crippen molar-refractivity contribution in [2.45, 2.75) is 38.8 Å². The van der Waals surface area contributed by atoms with E-state index < -0.39 is 0 Å². The SMILES string of the molecule is O=C(CCc1ccccc1)NCc1ccc(CNC(=O)CCc2ccccc2)cc1. The molecule has 0 aliphatic heterocycles. The molecule has 0 heterocycles. The van der Waals surface area contributed by atoms with Gasteiger partial charge in [0.15, 0.2) is 0 Å². The molecular formula is C26H28N2O2. The molecule has 154 valence electrons. The monoisotopic (exact) mass is 400 g/mol. The molecule has 30 heavy (non-hydrogen) atoms. The Balaban J connectivity index is 1.34. The van der Waals surface area contributed by atoms with Crippen LogP contribution in [0.4, 0.5) is 0 Å². The second kappa shape index (κ2) is 11.6. The van der Waals surface area contributed by atoms with Gasteiger partial charge in [-0.05, 0) is 35.1 Å². The van der Waals surface area contributed by atoms with Crippen molar-refractivity contribution in [3.63, 3.8) is 0 Å². The van der Waals surface area contributed by atoms with Crippen LogP contribution in [-0.4, -0.2) is 11.8 Å². The van der Waals surface area contributed by atoms with Gasteiger partial charge in [0.25, 0.3) is 0 Å². The van der Waals surface area contributed by atoms with E-state index in [0.29, 0.717) is 25.9 Å². The van der Waals surface area contributed by atoms with Crippen LogP contribution in [0.2, 0.25) is 0 Å². The molecule has 0 aliphatic carbocycles. The first-order valence-electron chi connectivity index (χ1n) is 10.4. The molecule has 0 atom stereocenters. The zero-order chi connectivity index (χ0) is 21.0. The normalized spacial score (nSPS) is 10.4. The van der Waals surface area contributed by atoms with Crippen LogP contribution < -0.4 is 10.6 Å². The van der Waals surface area contributed by atoms with E-state index in [2.05, 4.69) is 10.6 Å². The molecule has 0 unspecified atom stereocenters. The van der Waals surface area contributed by atoms with E-state index in [9.17, 15) is 9.59 Å². The number of rotatable bonds is 10. The second-order valence-corrected chi connectivity index (χ2v) is 7.34. The molecule has 0 aliphatic rings. The zero-order valence-electron chi connectivity index (χ0n) is 17.1. The first-order chi connectivity index (χ1) is 14.7. The van der Waals surface area contributed by atoms with Gasteiger partial charge in [0, 0.05) is 25.9 Å². The highest BCUT2D eigenvalue weighted by atomic mass is 16.2. The lowest BCUT2D eigenvalue weighted by atomic mass is 10.1. The number of carbonyl (C=O) groups is 2. The van der Waals surface area contributed by atoms with E-state index in [1.165, 1.54) is 11.1 Å². The molecule has 0 aromatic heterocycles. The van der Waals surface area contributed by atoms with Crippen LogP contribution in [0.25, 0.3) is 0 Å². The molecule has 3 rings (SSSR count). The Morgan fingerprint density at radius 3 is 1.23 bits per heavy atom. The predicted molar refractivity (Wildman–Crippen MR) is 120 cm³/mol. The van der Waals surface area contributed by atoms with Gasteiger partial charge in [-0.3, -0.25) is 9.59 Å². The number of hydrogen-bond donors (Lipinski definition) is 2. The van der Waals surface area contributed by atoms with Crippen LogP contribution in [0.3, 0.4) is 0 Å². The summed E-state index contributed by atoms with van der Waals surface area (Å²) in [4.78, 5) is 24.1. The Bertz CT molecular complexity index is 844. The average molecular weight is 401 g/mol. The maximum absolute atomic E-state index is 12.0. The molecule has 0 saturated heterocycles. The van der Waals surface area contributed by atoms with Crippen molar-refractivity contribution in [1.29, 1.82) is 0 Å². The number of hydrogen-bond acceptors (Lipinski definition) is 2. The minimum Gasteiger partial charge on any atom is -0.352 e. The standard InChI is InChI=1S/C26H28N2O2/c29-25(17-15-21-7-3-1-4-8-21)27-19-23-11-13-24(14-12-23)20-28-26(30)18-16-22-9-5-2-6-10-22/h1-14H,15-20H2,(H,27,29)(H,28,30). The highest BCUT2D eigenvalue weighted by Gasteiger charge is 2.04. The summed E-state index contributed by atoms with van der Waals surface area (Å²) in [5.41, 5.74) is 4.43. The molecule has 4 nitrogen and oxygen atoms in total. The van der Waals surface area contributed by atoms with E-state index >= 15 is 0 Å². The fourth-order valence-corrected chi connectivity index (χ4v) is 3.16. The molecule has 3 aromatic carbocycles. The molecule has 2 amide bonds. The molecule has 4 heteroatoms. The van der Waals surface area contributed by atoms with E-state index in [1.54, 1.807) is 0 Å². The summed E-state index contributed by atoms with van der Waals surface area (Å²) in [7, 11) is 0. The quantitative estimate of drug-likeness (QED) is 0.536. The van der Waals surface area contributed by atoms with Crippen molar-refractivity contribution < 1.29 is 9.59 Å². The number of benzene rings is 3. The Hall–Kier alpha value is -3.40. The van der Waals surface area contributed by atoms with Gasteiger partial charge in [-0.25, -0.2) is 0 Å². The summed E-state index contributed by atoms with van der Waals surface area (Å²) in [5.74, 6) is 0.0993. The predicted octanol–water partition coefficient (Wildman–Crippen LogP) is 4.18. The molecule has 3 aromatic rings. The van der Waals surface area contributed by atoms with Crippen LogP contribution in [0.5, 0.6) is 0 Å². The fourth-order valence-electron chi connectivity index (χ4n) is 3.16. The third-order valence-electron chi connectivity index (χ3n) is 4.97. The highest BCUT2D eigenvalue weighted by molar-refractivity contribution is 5.76. The van der Waals surface area contributed by atoms with Gasteiger partial charge in [-0.2, -0.15) is 0 Å². The van der Waals surface area contributed by atoms with Crippen molar-refractivity contribution >= 4 is 11.8 Å². The molecule has 0 spiro atoms. The molecule has 0 fully saturated rings. The van der Waals surface area contributed by atoms with Gasteiger partial charge < -0.3 is 10.6 Å². The molecule has 0 radical (unpaired) electrons. The van der Waals surface area contributed by atoms with Gasteiger partial charge in [-0.15, -0.1) is 0 Å². The first kappa shape index (κ1) is 21.3. The summed E-state index contributed by atoms with van der Waals surface area (Å²) in [6, 6.07) is 28.0. The Morgan fingerprint density at radius 2 is 0.867 bits per heavy atom. The Morgan fingerprint density at radius 1 is 0.500 bits per heavy atom. The van der Waals surface area contributed by atoms with E-state index in [4.69, 9.17) is 0 Å². The number of aryl methyl sites for hydroxylation is 2. The Kier molecular flexibility index (Phi) is 8.22.